The van der Waals surface area contributed by atoms with Crippen LogP contribution in [0, 0.1) is 0 Å². The van der Waals surface area contributed by atoms with E-state index in [0.29, 0.717) is 18.7 Å². The maximum absolute atomic E-state index is 12.8. The highest BCUT2D eigenvalue weighted by Gasteiger charge is 2.36. The second kappa shape index (κ2) is 8.27. The van der Waals surface area contributed by atoms with Gasteiger partial charge in [-0.05, 0) is 41.8 Å². The van der Waals surface area contributed by atoms with Crippen molar-refractivity contribution in [1.82, 2.24) is 25.8 Å². The fraction of sp³-hybridized carbons (Fsp3) is 0.381. The summed E-state index contributed by atoms with van der Waals surface area (Å²) in [7, 11) is 0. The van der Waals surface area contributed by atoms with Gasteiger partial charge in [-0.25, -0.2) is 0 Å². The number of carbonyl (C=O) groups is 2. The van der Waals surface area contributed by atoms with Crippen LogP contribution in [0.3, 0.4) is 0 Å². The van der Waals surface area contributed by atoms with Crippen molar-refractivity contribution in [3.05, 3.63) is 65.0 Å². The average molecular weight is 433 g/mol. The molecule has 0 saturated carbocycles. The number of alkyl halides is 3. The first-order chi connectivity index (χ1) is 14.7. The summed E-state index contributed by atoms with van der Waals surface area (Å²) in [5.41, 5.74) is 1.99. The van der Waals surface area contributed by atoms with Gasteiger partial charge in [0.25, 0.3) is 0 Å². The molecular formula is C21H22F3N5O2. The molecule has 4 rings (SSSR count). The molecule has 3 atom stereocenters. The molecule has 1 fully saturated rings. The molecule has 2 aliphatic heterocycles. The number of nitrogens with zero attached hydrogens (tertiary/aromatic N) is 2. The van der Waals surface area contributed by atoms with Gasteiger partial charge >= 0.3 is 6.18 Å². The maximum atomic E-state index is 12.8. The zero-order chi connectivity index (χ0) is 22.2. The van der Waals surface area contributed by atoms with Crippen LogP contribution in [0.2, 0.25) is 0 Å². The molecule has 1 aromatic heterocycles. The molecule has 0 bridgehead atoms. The van der Waals surface area contributed by atoms with Crippen molar-refractivity contribution in [3.63, 3.8) is 0 Å². The fourth-order valence-corrected chi connectivity index (χ4v) is 3.84. The number of rotatable bonds is 4. The summed E-state index contributed by atoms with van der Waals surface area (Å²) in [6.45, 7) is 2.90. The SMILES string of the molecule is C[C@@H](NC(=O)C1CC(=O)NC(N2Cc3ccncc3C2)N1)c1ccc(C(F)(F)F)cc1. The van der Waals surface area contributed by atoms with E-state index in [1.807, 2.05) is 11.0 Å². The first-order valence-corrected chi connectivity index (χ1v) is 9.89. The number of fused-ring (bicyclic) bond motifs is 1. The Kier molecular flexibility index (Phi) is 5.67. The smallest absolute Gasteiger partial charge is 0.348 e. The minimum absolute atomic E-state index is 0.0234. The van der Waals surface area contributed by atoms with Crippen molar-refractivity contribution < 1.29 is 22.8 Å². The Balaban J connectivity index is 1.38. The van der Waals surface area contributed by atoms with Crippen LogP contribution in [0.25, 0.3) is 0 Å². The van der Waals surface area contributed by atoms with Crippen LogP contribution in [0.15, 0.2) is 42.7 Å². The molecule has 164 valence electrons. The number of carbonyl (C=O) groups excluding carboxylic acids is 2. The van der Waals surface area contributed by atoms with E-state index in [9.17, 15) is 22.8 Å². The van der Waals surface area contributed by atoms with Crippen molar-refractivity contribution in [2.75, 3.05) is 0 Å². The van der Waals surface area contributed by atoms with Crippen LogP contribution >= 0.6 is 0 Å². The lowest BCUT2D eigenvalue weighted by atomic mass is 10.0. The molecule has 2 aromatic rings. The van der Waals surface area contributed by atoms with Crippen molar-refractivity contribution in [1.29, 1.82) is 0 Å². The topological polar surface area (TPSA) is 86.4 Å². The normalized spacial score (nSPS) is 22.5. The Morgan fingerprint density at radius 1 is 1.19 bits per heavy atom. The molecule has 0 aliphatic carbocycles. The number of hydrogen-bond acceptors (Lipinski definition) is 5. The van der Waals surface area contributed by atoms with Crippen LogP contribution in [0.4, 0.5) is 13.2 Å². The highest BCUT2D eigenvalue weighted by Crippen LogP contribution is 2.30. The van der Waals surface area contributed by atoms with Gasteiger partial charge in [-0.3, -0.25) is 24.8 Å². The van der Waals surface area contributed by atoms with Crippen LogP contribution in [-0.2, 0) is 28.9 Å². The van der Waals surface area contributed by atoms with E-state index in [-0.39, 0.29) is 18.2 Å². The average Bonchev–Trinajstić information content (AvgIpc) is 3.17. The molecule has 1 saturated heterocycles. The fourth-order valence-electron chi connectivity index (χ4n) is 3.84. The van der Waals surface area contributed by atoms with Gasteiger partial charge in [0, 0.05) is 25.5 Å². The van der Waals surface area contributed by atoms with Gasteiger partial charge in [-0.2, -0.15) is 13.2 Å². The van der Waals surface area contributed by atoms with E-state index >= 15 is 0 Å². The van der Waals surface area contributed by atoms with Gasteiger partial charge in [0.1, 0.15) is 6.29 Å². The lowest BCUT2D eigenvalue weighted by Gasteiger charge is -2.36. The third-order valence-corrected chi connectivity index (χ3v) is 5.58. The van der Waals surface area contributed by atoms with Crippen molar-refractivity contribution in [2.24, 2.45) is 0 Å². The van der Waals surface area contributed by atoms with E-state index in [0.717, 1.165) is 23.3 Å². The van der Waals surface area contributed by atoms with Gasteiger partial charge in [0.05, 0.1) is 24.1 Å². The third-order valence-electron chi connectivity index (χ3n) is 5.58. The lowest BCUT2D eigenvalue weighted by molar-refractivity contribution is -0.137. The van der Waals surface area contributed by atoms with Gasteiger partial charge in [-0.1, -0.05) is 12.1 Å². The molecule has 2 aliphatic rings. The molecule has 7 nitrogen and oxygen atoms in total. The highest BCUT2D eigenvalue weighted by molar-refractivity contribution is 5.89. The molecule has 0 radical (unpaired) electrons. The molecule has 31 heavy (non-hydrogen) atoms. The minimum Gasteiger partial charge on any atom is -0.348 e. The Morgan fingerprint density at radius 3 is 2.58 bits per heavy atom. The molecule has 2 unspecified atom stereocenters. The summed E-state index contributed by atoms with van der Waals surface area (Å²) < 4.78 is 38.2. The third kappa shape index (κ3) is 4.70. The van der Waals surface area contributed by atoms with E-state index in [1.165, 1.54) is 12.1 Å². The zero-order valence-corrected chi connectivity index (χ0v) is 16.7. The number of hydrogen-bond donors (Lipinski definition) is 3. The summed E-state index contributed by atoms with van der Waals surface area (Å²) in [5, 5.41) is 8.79. The zero-order valence-electron chi connectivity index (χ0n) is 16.7. The number of aromatic nitrogens is 1. The largest absolute Gasteiger partial charge is 0.416 e. The number of nitrogens with one attached hydrogen (secondary N) is 3. The summed E-state index contributed by atoms with van der Waals surface area (Å²) >= 11 is 0. The second-order valence-corrected chi connectivity index (χ2v) is 7.79. The standard InChI is InChI=1S/C21H22F3N5O2/c1-12(13-2-4-16(5-3-13)21(22,23)24)26-19(31)17-8-18(30)28-20(27-17)29-10-14-6-7-25-9-15(14)11-29/h2-7,9,12,17,20,27H,8,10-11H2,1H3,(H,26,31)(H,28,30)/t12-,17?,20?/m1/s1. The molecule has 10 heteroatoms. The van der Waals surface area contributed by atoms with E-state index in [1.54, 1.807) is 19.3 Å². The van der Waals surface area contributed by atoms with Crippen LogP contribution < -0.4 is 16.0 Å². The van der Waals surface area contributed by atoms with Gasteiger partial charge < -0.3 is 10.6 Å². The Hall–Kier alpha value is -2.98. The first-order valence-electron chi connectivity index (χ1n) is 9.89. The van der Waals surface area contributed by atoms with E-state index in [2.05, 4.69) is 20.9 Å². The summed E-state index contributed by atoms with van der Waals surface area (Å²) in [4.78, 5) is 31.1. The van der Waals surface area contributed by atoms with Crippen LogP contribution in [0.1, 0.15) is 41.6 Å². The second-order valence-electron chi connectivity index (χ2n) is 7.79. The van der Waals surface area contributed by atoms with Gasteiger partial charge in [0.15, 0.2) is 0 Å². The van der Waals surface area contributed by atoms with Crippen molar-refractivity contribution >= 4 is 11.8 Å². The number of halogens is 3. The van der Waals surface area contributed by atoms with Crippen LogP contribution in [-0.4, -0.2) is 34.0 Å². The predicted molar refractivity (Wildman–Crippen MR) is 105 cm³/mol. The number of amides is 2. The Bertz CT molecular complexity index is 955. The quantitative estimate of drug-likeness (QED) is 0.687. The monoisotopic (exact) mass is 433 g/mol. The molecule has 1 aromatic carbocycles. The van der Waals surface area contributed by atoms with Gasteiger partial charge in [0.2, 0.25) is 11.8 Å². The molecule has 2 amide bonds. The van der Waals surface area contributed by atoms with Crippen molar-refractivity contribution in [2.45, 2.75) is 51.0 Å². The molecule has 0 spiro atoms. The Labute approximate surface area is 177 Å². The van der Waals surface area contributed by atoms with Crippen molar-refractivity contribution in [3.8, 4) is 0 Å². The molecule has 3 heterocycles. The molecule has 3 N–H and O–H groups in total. The first kappa shape index (κ1) is 21.3. The van der Waals surface area contributed by atoms with E-state index in [4.69, 9.17) is 0 Å². The van der Waals surface area contributed by atoms with Gasteiger partial charge in [-0.15, -0.1) is 0 Å². The Morgan fingerprint density at radius 2 is 1.90 bits per heavy atom. The number of pyridine rings is 1. The summed E-state index contributed by atoms with van der Waals surface area (Å²) in [6, 6.07) is 5.32. The summed E-state index contributed by atoms with van der Waals surface area (Å²) in [6.07, 6.45) is -1.44. The van der Waals surface area contributed by atoms with E-state index < -0.39 is 30.1 Å². The summed E-state index contributed by atoms with van der Waals surface area (Å²) in [5.74, 6) is -0.634. The predicted octanol–water partition coefficient (Wildman–Crippen LogP) is 2.06. The van der Waals surface area contributed by atoms with Crippen LogP contribution in [0.5, 0.6) is 0 Å². The molecular weight excluding hydrogens is 411 g/mol. The lowest BCUT2D eigenvalue weighted by Crippen LogP contribution is -2.65. The number of benzene rings is 1. The highest BCUT2D eigenvalue weighted by atomic mass is 19.4. The maximum Gasteiger partial charge on any atom is 0.416 e. The minimum atomic E-state index is -4.41.